The predicted molar refractivity (Wildman–Crippen MR) is 202 cm³/mol. The van der Waals surface area contributed by atoms with Crippen LogP contribution in [0, 0.1) is 0 Å². The van der Waals surface area contributed by atoms with Crippen molar-refractivity contribution in [1.29, 1.82) is 0 Å². The van der Waals surface area contributed by atoms with Crippen molar-refractivity contribution >= 4 is 43.9 Å². The number of fused-ring (bicyclic) bond motifs is 6. The van der Waals surface area contributed by atoms with Crippen LogP contribution >= 0.6 is 0 Å². The van der Waals surface area contributed by atoms with Gasteiger partial charge in [-0.25, -0.2) is 15.0 Å². The largest absolute Gasteiger partial charge is 0.456 e. The summed E-state index contributed by atoms with van der Waals surface area (Å²) in [4.78, 5) is 14.7. The summed E-state index contributed by atoms with van der Waals surface area (Å²) >= 11 is 0. The second kappa shape index (κ2) is 11.4. The topological polar surface area (TPSA) is 65.0 Å². The number of aromatic nitrogens is 3. The Kier molecular flexibility index (Phi) is 6.42. The molecule has 234 valence electrons. The van der Waals surface area contributed by atoms with Gasteiger partial charge in [-0.15, -0.1) is 0 Å². The van der Waals surface area contributed by atoms with E-state index < -0.39 is 0 Å². The minimum atomic E-state index is 0.594. The summed E-state index contributed by atoms with van der Waals surface area (Å²) in [6.07, 6.45) is 0. The molecule has 10 aromatic rings. The van der Waals surface area contributed by atoms with E-state index >= 15 is 0 Å². The molecule has 0 unspecified atom stereocenters. The third-order valence-electron chi connectivity index (χ3n) is 9.35. The van der Waals surface area contributed by atoms with Crippen LogP contribution in [-0.2, 0) is 0 Å². The molecule has 50 heavy (non-hydrogen) atoms. The Bertz CT molecular complexity index is 2810. The van der Waals surface area contributed by atoms with E-state index in [-0.39, 0.29) is 0 Å². The van der Waals surface area contributed by atoms with Gasteiger partial charge in [-0.3, -0.25) is 0 Å². The highest BCUT2D eigenvalue weighted by molar-refractivity contribution is 6.09. The fourth-order valence-corrected chi connectivity index (χ4v) is 6.90. The zero-order valence-electron chi connectivity index (χ0n) is 26.7. The fraction of sp³-hybridized carbons (Fsp3) is 0. The molecule has 0 amide bonds. The van der Waals surface area contributed by atoms with E-state index in [9.17, 15) is 0 Å². The SMILES string of the molecule is c1ccc(-c2nc(-c3ccccc3)nc(-c3ccc4c(c3)oc3ccc(-c5ccccc5-c5ccc6oc7ccccc7c6c5)cc34)n2)cc1. The van der Waals surface area contributed by atoms with Crippen molar-refractivity contribution in [3.8, 4) is 56.4 Å². The number of hydrogen-bond donors (Lipinski definition) is 0. The van der Waals surface area contributed by atoms with Gasteiger partial charge in [0, 0.05) is 38.2 Å². The Morgan fingerprint density at radius 2 is 0.720 bits per heavy atom. The first-order valence-corrected chi connectivity index (χ1v) is 16.6. The number of rotatable bonds is 5. The van der Waals surface area contributed by atoms with Crippen LogP contribution in [0.3, 0.4) is 0 Å². The average Bonchev–Trinajstić information content (AvgIpc) is 3.75. The van der Waals surface area contributed by atoms with E-state index in [0.717, 1.165) is 82.8 Å². The van der Waals surface area contributed by atoms with Gasteiger partial charge in [0.05, 0.1) is 0 Å². The molecule has 7 aromatic carbocycles. The first-order valence-electron chi connectivity index (χ1n) is 16.6. The van der Waals surface area contributed by atoms with Gasteiger partial charge < -0.3 is 8.83 Å². The smallest absolute Gasteiger partial charge is 0.164 e. The van der Waals surface area contributed by atoms with Gasteiger partial charge in [0.1, 0.15) is 22.3 Å². The second-order valence-corrected chi connectivity index (χ2v) is 12.4. The van der Waals surface area contributed by atoms with Crippen molar-refractivity contribution in [3.63, 3.8) is 0 Å². The monoisotopic (exact) mass is 641 g/mol. The highest BCUT2D eigenvalue weighted by atomic mass is 16.3. The van der Waals surface area contributed by atoms with E-state index in [1.54, 1.807) is 0 Å². The summed E-state index contributed by atoms with van der Waals surface area (Å²) in [7, 11) is 0. The molecule has 5 nitrogen and oxygen atoms in total. The Morgan fingerprint density at radius 1 is 0.280 bits per heavy atom. The molecular formula is C45H27N3O2. The van der Waals surface area contributed by atoms with Gasteiger partial charge in [0.25, 0.3) is 0 Å². The van der Waals surface area contributed by atoms with Crippen molar-refractivity contribution < 1.29 is 8.83 Å². The van der Waals surface area contributed by atoms with Gasteiger partial charge >= 0.3 is 0 Å². The van der Waals surface area contributed by atoms with Crippen LogP contribution in [0.2, 0.25) is 0 Å². The lowest BCUT2D eigenvalue weighted by Crippen LogP contribution is -2.00. The Hall–Kier alpha value is -6.85. The minimum Gasteiger partial charge on any atom is -0.456 e. The van der Waals surface area contributed by atoms with Crippen molar-refractivity contribution in [2.24, 2.45) is 0 Å². The number of hydrogen-bond acceptors (Lipinski definition) is 5. The summed E-state index contributed by atoms with van der Waals surface area (Å²) < 4.78 is 12.6. The zero-order valence-corrected chi connectivity index (χ0v) is 26.7. The van der Waals surface area contributed by atoms with Crippen LogP contribution in [0.5, 0.6) is 0 Å². The van der Waals surface area contributed by atoms with Crippen molar-refractivity contribution in [1.82, 2.24) is 15.0 Å². The molecule has 0 saturated heterocycles. The van der Waals surface area contributed by atoms with Gasteiger partial charge in [-0.2, -0.15) is 0 Å². The molecule has 3 heterocycles. The molecule has 0 fully saturated rings. The molecular weight excluding hydrogens is 615 g/mol. The van der Waals surface area contributed by atoms with E-state index in [1.165, 1.54) is 0 Å². The summed E-state index contributed by atoms with van der Waals surface area (Å²) in [5, 5.41) is 4.33. The maximum atomic E-state index is 6.45. The number of benzene rings is 7. The number of para-hydroxylation sites is 1. The maximum absolute atomic E-state index is 6.45. The molecule has 0 N–H and O–H groups in total. The summed E-state index contributed by atoms with van der Waals surface area (Å²) in [6.45, 7) is 0. The number of furan rings is 2. The third-order valence-corrected chi connectivity index (χ3v) is 9.35. The second-order valence-electron chi connectivity index (χ2n) is 12.4. The van der Waals surface area contributed by atoms with E-state index in [1.807, 2.05) is 78.9 Å². The Morgan fingerprint density at radius 3 is 1.32 bits per heavy atom. The Balaban J connectivity index is 1.07. The summed E-state index contributed by atoms with van der Waals surface area (Å²) in [5.74, 6) is 1.85. The first-order chi connectivity index (χ1) is 24.7. The molecule has 0 bridgehead atoms. The molecule has 0 atom stereocenters. The normalized spacial score (nSPS) is 11.6. The quantitative estimate of drug-likeness (QED) is 0.187. The summed E-state index contributed by atoms with van der Waals surface area (Å²) in [6, 6.07) is 55.9. The first kappa shape index (κ1) is 28.2. The van der Waals surface area contributed by atoms with Crippen molar-refractivity contribution in [3.05, 3.63) is 164 Å². The standard InChI is InChI=1S/C45H27N3O2/c1-3-11-28(12-4-1)43-46-44(29-13-5-2-6-14-29)48-45(47-43)32-19-22-36-38-26-31(21-24-41(38)50-42(36)27-32)34-16-8-7-15-33(34)30-20-23-40-37(25-30)35-17-9-10-18-39(35)49-40/h1-27H. The van der Waals surface area contributed by atoms with Crippen molar-refractivity contribution in [2.75, 3.05) is 0 Å². The minimum absolute atomic E-state index is 0.594. The average molecular weight is 642 g/mol. The zero-order chi connectivity index (χ0) is 33.0. The Labute approximate surface area is 287 Å². The van der Waals surface area contributed by atoms with Crippen LogP contribution < -0.4 is 0 Å². The van der Waals surface area contributed by atoms with Crippen molar-refractivity contribution in [2.45, 2.75) is 0 Å². The van der Waals surface area contributed by atoms with E-state index in [4.69, 9.17) is 23.8 Å². The lowest BCUT2D eigenvalue weighted by atomic mass is 9.93. The number of nitrogens with zero attached hydrogens (tertiary/aromatic N) is 3. The molecule has 0 aliphatic heterocycles. The molecule has 0 radical (unpaired) electrons. The molecule has 0 saturated carbocycles. The highest BCUT2D eigenvalue weighted by Crippen LogP contribution is 2.39. The van der Waals surface area contributed by atoms with Crippen LogP contribution in [-0.4, -0.2) is 15.0 Å². The fourth-order valence-electron chi connectivity index (χ4n) is 6.90. The van der Waals surface area contributed by atoms with E-state index in [2.05, 4.69) is 84.9 Å². The molecule has 0 aliphatic carbocycles. The highest BCUT2D eigenvalue weighted by Gasteiger charge is 2.16. The molecule has 10 rings (SSSR count). The van der Waals surface area contributed by atoms with Crippen LogP contribution in [0.4, 0.5) is 0 Å². The van der Waals surface area contributed by atoms with Gasteiger partial charge in [-0.1, -0.05) is 121 Å². The molecule has 3 aromatic heterocycles. The van der Waals surface area contributed by atoms with E-state index in [0.29, 0.717) is 17.5 Å². The van der Waals surface area contributed by atoms with Gasteiger partial charge in [0.2, 0.25) is 0 Å². The van der Waals surface area contributed by atoms with Crippen LogP contribution in [0.25, 0.3) is 100 Å². The maximum Gasteiger partial charge on any atom is 0.164 e. The molecule has 5 heteroatoms. The lowest BCUT2D eigenvalue weighted by molar-refractivity contribution is 0.668. The van der Waals surface area contributed by atoms with Gasteiger partial charge in [-0.05, 0) is 64.7 Å². The summed E-state index contributed by atoms with van der Waals surface area (Å²) in [5.41, 5.74) is 10.7. The van der Waals surface area contributed by atoms with Gasteiger partial charge in [0.15, 0.2) is 17.5 Å². The molecule has 0 spiro atoms. The van der Waals surface area contributed by atoms with Crippen LogP contribution in [0.1, 0.15) is 0 Å². The third kappa shape index (κ3) is 4.75. The molecule has 0 aliphatic rings. The lowest BCUT2D eigenvalue weighted by Gasteiger charge is -2.11. The predicted octanol–water partition coefficient (Wildman–Crippen LogP) is 12.0. The van der Waals surface area contributed by atoms with Crippen LogP contribution in [0.15, 0.2) is 173 Å².